The van der Waals surface area contributed by atoms with E-state index in [4.69, 9.17) is 14.2 Å². The number of carbonyl (C=O) groups excluding carboxylic acids is 3. The molecule has 0 unspecified atom stereocenters. The molecule has 0 amide bonds. The number of carbonyl (C=O) groups is 3. The largest absolute Gasteiger partial charge is 0.462 e. The van der Waals surface area contributed by atoms with Crippen LogP contribution in [0, 0.1) is 5.92 Å². The Morgan fingerprint density at radius 1 is 0.292 bits per heavy atom. The smallest absolute Gasteiger partial charge is 0.306 e. The van der Waals surface area contributed by atoms with Gasteiger partial charge in [0.1, 0.15) is 13.2 Å². The van der Waals surface area contributed by atoms with E-state index in [2.05, 4.69) is 27.7 Å². The fraction of sp³-hybridized carbons (Fsp3) is 0.949. The van der Waals surface area contributed by atoms with Crippen LogP contribution in [0.4, 0.5) is 0 Å². The van der Waals surface area contributed by atoms with Crippen LogP contribution in [0.2, 0.25) is 0 Å². The predicted octanol–water partition coefficient (Wildman–Crippen LogP) is 19.4. The van der Waals surface area contributed by atoms with Gasteiger partial charge < -0.3 is 14.2 Å². The third-order valence-corrected chi connectivity index (χ3v) is 13.5. The van der Waals surface area contributed by atoms with Crippen molar-refractivity contribution in [2.45, 2.75) is 342 Å². The fourth-order valence-electron chi connectivity index (χ4n) is 9.10. The van der Waals surface area contributed by atoms with Crippen molar-refractivity contribution in [3.63, 3.8) is 0 Å². The van der Waals surface area contributed by atoms with E-state index >= 15 is 0 Å². The molecule has 6 heteroatoms. The van der Waals surface area contributed by atoms with Crippen molar-refractivity contribution in [3.05, 3.63) is 0 Å². The lowest BCUT2D eigenvalue weighted by molar-refractivity contribution is -0.167. The minimum Gasteiger partial charge on any atom is -0.462 e. The molecule has 0 N–H and O–H groups in total. The first kappa shape index (κ1) is 63.4. The van der Waals surface area contributed by atoms with Gasteiger partial charge in [0.25, 0.3) is 0 Å². The SMILES string of the molecule is CCCCCCCCCCCCCCCCCCCCC(=O)O[C@H](COC(=O)CCCCCCCCCCCCC)COC(=O)CCCCCCCCCCCCCCCCCC(C)C. The number of ether oxygens (including phenoxy) is 3. The van der Waals surface area contributed by atoms with Gasteiger partial charge >= 0.3 is 17.9 Å². The Labute approximate surface area is 406 Å². The standard InChI is InChI=1S/C59H114O6/c1-5-7-9-11-13-15-17-18-19-20-21-24-28-32-36-40-44-48-52-59(62)65-56(53-63-57(60)50-46-42-38-34-29-16-14-12-10-8-6-2)54-64-58(61)51-47-43-39-35-31-27-25-22-23-26-30-33-37-41-45-49-55(3)4/h55-56H,5-54H2,1-4H3/t56-/m1/s1. The van der Waals surface area contributed by atoms with Gasteiger partial charge in [0.2, 0.25) is 0 Å². The molecule has 0 fully saturated rings. The molecule has 0 bridgehead atoms. The topological polar surface area (TPSA) is 78.9 Å². The Hall–Kier alpha value is -1.59. The molecule has 0 aliphatic heterocycles. The van der Waals surface area contributed by atoms with E-state index in [0.717, 1.165) is 63.7 Å². The van der Waals surface area contributed by atoms with Crippen LogP contribution < -0.4 is 0 Å². The maximum absolute atomic E-state index is 12.8. The predicted molar refractivity (Wildman–Crippen MR) is 280 cm³/mol. The molecule has 65 heavy (non-hydrogen) atoms. The summed E-state index contributed by atoms with van der Waals surface area (Å²) < 4.78 is 16.9. The van der Waals surface area contributed by atoms with Gasteiger partial charge in [-0.25, -0.2) is 0 Å². The highest BCUT2D eigenvalue weighted by atomic mass is 16.6. The van der Waals surface area contributed by atoms with Crippen molar-refractivity contribution >= 4 is 17.9 Å². The molecule has 0 aromatic heterocycles. The quantitative estimate of drug-likeness (QED) is 0.0344. The molecule has 0 radical (unpaired) electrons. The molecule has 0 rings (SSSR count). The summed E-state index contributed by atoms with van der Waals surface area (Å²) in [7, 11) is 0. The second kappa shape index (κ2) is 53.4. The van der Waals surface area contributed by atoms with E-state index in [0.29, 0.717) is 19.3 Å². The summed E-state index contributed by atoms with van der Waals surface area (Å²) in [6.07, 6.45) is 58.1. The first-order valence-electron chi connectivity index (χ1n) is 29.4. The normalized spacial score (nSPS) is 12.0. The zero-order chi connectivity index (χ0) is 47.4. The molecule has 0 aromatic carbocycles. The van der Waals surface area contributed by atoms with Crippen LogP contribution in [0.25, 0.3) is 0 Å². The number of hydrogen-bond acceptors (Lipinski definition) is 6. The molecule has 0 saturated carbocycles. The van der Waals surface area contributed by atoms with E-state index < -0.39 is 6.10 Å². The first-order chi connectivity index (χ1) is 31.9. The summed E-state index contributed by atoms with van der Waals surface area (Å²) in [4.78, 5) is 38.1. The van der Waals surface area contributed by atoms with Crippen molar-refractivity contribution in [1.82, 2.24) is 0 Å². The number of esters is 3. The fourth-order valence-corrected chi connectivity index (χ4v) is 9.10. The molecular formula is C59H114O6. The Morgan fingerprint density at radius 2 is 0.508 bits per heavy atom. The summed E-state index contributed by atoms with van der Waals surface area (Å²) in [6.45, 7) is 9.07. The highest BCUT2D eigenvalue weighted by Gasteiger charge is 2.19. The molecule has 386 valence electrons. The van der Waals surface area contributed by atoms with E-state index in [1.807, 2.05) is 0 Å². The lowest BCUT2D eigenvalue weighted by Crippen LogP contribution is -2.30. The van der Waals surface area contributed by atoms with Crippen LogP contribution in [0.3, 0.4) is 0 Å². The van der Waals surface area contributed by atoms with E-state index in [1.165, 1.54) is 231 Å². The maximum Gasteiger partial charge on any atom is 0.306 e. The summed E-state index contributed by atoms with van der Waals surface area (Å²) in [5.41, 5.74) is 0. The number of hydrogen-bond donors (Lipinski definition) is 0. The zero-order valence-electron chi connectivity index (χ0n) is 44.5. The highest BCUT2D eigenvalue weighted by molar-refractivity contribution is 5.71. The first-order valence-corrected chi connectivity index (χ1v) is 29.4. The van der Waals surface area contributed by atoms with Gasteiger partial charge in [0.15, 0.2) is 6.10 Å². The molecule has 0 spiro atoms. The molecule has 1 atom stereocenters. The van der Waals surface area contributed by atoms with Crippen molar-refractivity contribution in [2.24, 2.45) is 5.92 Å². The Kier molecular flexibility index (Phi) is 52.1. The van der Waals surface area contributed by atoms with Gasteiger partial charge in [0.05, 0.1) is 0 Å². The van der Waals surface area contributed by atoms with Crippen LogP contribution >= 0.6 is 0 Å². The summed E-state index contributed by atoms with van der Waals surface area (Å²) >= 11 is 0. The monoisotopic (exact) mass is 919 g/mol. The lowest BCUT2D eigenvalue weighted by atomic mass is 10.0. The van der Waals surface area contributed by atoms with Gasteiger partial charge in [0, 0.05) is 19.3 Å². The van der Waals surface area contributed by atoms with Crippen LogP contribution in [-0.4, -0.2) is 37.2 Å². The van der Waals surface area contributed by atoms with Crippen molar-refractivity contribution in [3.8, 4) is 0 Å². The summed E-state index contributed by atoms with van der Waals surface area (Å²) in [6, 6.07) is 0. The van der Waals surface area contributed by atoms with Crippen LogP contribution in [0.15, 0.2) is 0 Å². The number of rotatable bonds is 54. The van der Waals surface area contributed by atoms with Gasteiger partial charge in [-0.2, -0.15) is 0 Å². The van der Waals surface area contributed by atoms with Crippen molar-refractivity contribution < 1.29 is 28.6 Å². The average Bonchev–Trinajstić information content (AvgIpc) is 3.29. The van der Waals surface area contributed by atoms with Crippen LogP contribution in [-0.2, 0) is 28.6 Å². The molecule has 0 saturated heterocycles. The third-order valence-electron chi connectivity index (χ3n) is 13.5. The molecule has 0 aliphatic carbocycles. The van der Waals surface area contributed by atoms with Gasteiger partial charge in [-0.15, -0.1) is 0 Å². The Bertz CT molecular complexity index is 980. The molecule has 6 nitrogen and oxygen atoms in total. The van der Waals surface area contributed by atoms with Crippen LogP contribution in [0.1, 0.15) is 336 Å². The Morgan fingerprint density at radius 3 is 0.754 bits per heavy atom. The molecule has 0 aliphatic rings. The number of unbranched alkanes of at least 4 members (excludes halogenated alkanes) is 41. The Balaban J connectivity index is 4.25. The van der Waals surface area contributed by atoms with Gasteiger partial charge in [-0.1, -0.05) is 297 Å². The summed E-state index contributed by atoms with van der Waals surface area (Å²) in [5, 5.41) is 0. The highest BCUT2D eigenvalue weighted by Crippen LogP contribution is 2.18. The van der Waals surface area contributed by atoms with E-state index in [-0.39, 0.29) is 31.1 Å². The minimum atomic E-state index is -0.761. The van der Waals surface area contributed by atoms with E-state index in [9.17, 15) is 14.4 Å². The van der Waals surface area contributed by atoms with Crippen molar-refractivity contribution in [1.29, 1.82) is 0 Å². The van der Waals surface area contributed by atoms with Gasteiger partial charge in [-0.3, -0.25) is 14.4 Å². The minimum absolute atomic E-state index is 0.0618. The molecule has 0 heterocycles. The van der Waals surface area contributed by atoms with E-state index in [1.54, 1.807) is 0 Å². The molecule has 0 aromatic rings. The maximum atomic E-state index is 12.8. The second-order valence-electron chi connectivity index (χ2n) is 20.8. The van der Waals surface area contributed by atoms with Crippen LogP contribution in [0.5, 0.6) is 0 Å². The zero-order valence-corrected chi connectivity index (χ0v) is 44.5. The average molecular weight is 920 g/mol. The van der Waals surface area contributed by atoms with Crippen molar-refractivity contribution in [2.75, 3.05) is 13.2 Å². The lowest BCUT2D eigenvalue weighted by Gasteiger charge is -2.18. The second-order valence-corrected chi connectivity index (χ2v) is 20.8. The van der Waals surface area contributed by atoms with Gasteiger partial charge in [-0.05, 0) is 25.2 Å². The molecular weight excluding hydrogens is 805 g/mol. The summed E-state index contributed by atoms with van der Waals surface area (Å²) in [5.74, 6) is 0.0140. The third kappa shape index (κ3) is 53.2.